The number of fused-ring (bicyclic) bond motifs is 1. The molecule has 0 radical (unpaired) electrons. The van der Waals surface area contributed by atoms with Crippen molar-refractivity contribution in [3.63, 3.8) is 0 Å². The average molecular weight is 514 g/mol. The minimum atomic E-state index is -0.949. The summed E-state index contributed by atoms with van der Waals surface area (Å²) in [5.41, 5.74) is 3.33. The summed E-state index contributed by atoms with van der Waals surface area (Å²) in [7, 11) is 0. The maximum Gasteiger partial charge on any atom is 0.335 e. The number of aromatic nitrogens is 1. The fourth-order valence-corrected chi connectivity index (χ4v) is 5.09. The van der Waals surface area contributed by atoms with Gasteiger partial charge in [-0.2, -0.15) is 0 Å². The Balaban J connectivity index is 1.34. The molecule has 0 unspecified atom stereocenters. The molecule has 1 fully saturated rings. The molecule has 1 aliphatic rings. The van der Waals surface area contributed by atoms with Crippen LogP contribution in [0, 0.1) is 0 Å². The van der Waals surface area contributed by atoms with E-state index in [0.717, 1.165) is 48.8 Å². The number of hydrogen-bond donors (Lipinski definition) is 1. The minimum Gasteiger partial charge on any atom is -0.478 e. The van der Waals surface area contributed by atoms with E-state index in [-0.39, 0.29) is 11.5 Å². The Morgan fingerprint density at radius 2 is 1.80 bits per heavy atom. The first-order valence-electron chi connectivity index (χ1n) is 11.5. The van der Waals surface area contributed by atoms with E-state index in [2.05, 4.69) is 28.8 Å². The molecule has 0 amide bonds. The predicted octanol–water partition coefficient (Wildman–Crippen LogP) is 6.54. The van der Waals surface area contributed by atoms with Gasteiger partial charge in [0, 0.05) is 61.2 Å². The van der Waals surface area contributed by atoms with Crippen LogP contribution in [0.4, 0.5) is 5.88 Å². The Morgan fingerprint density at radius 3 is 2.46 bits per heavy atom. The molecule has 0 bridgehead atoms. The van der Waals surface area contributed by atoms with Crippen LogP contribution in [0.1, 0.15) is 41.4 Å². The highest BCUT2D eigenvalue weighted by Gasteiger charge is 2.27. The van der Waals surface area contributed by atoms with Gasteiger partial charge in [-0.15, -0.1) is 0 Å². The van der Waals surface area contributed by atoms with Crippen molar-refractivity contribution in [3.05, 3.63) is 69.4 Å². The Bertz CT molecular complexity index is 1370. The predicted molar refractivity (Wildman–Crippen MR) is 137 cm³/mol. The molecule has 0 spiro atoms. The van der Waals surface area contributed by atoms with Crippen molar-refractivity contribution >= 4 is 46.0 Å². The van der Waals surface area contributed by atoms with Gasteiger partial charge in [0.1, 0.15) is 17.0 Å². The Kier molecular flexibility index (Phi) is 6.49. The summed E-state index contributed by atoms with van der Waals surface area (Å²) >= 11 is 13.0. The van der Waals surface area contributed by atoms with Gasteiger partial charge < -0.3 is 18.9 Å². The van der Waals surface area contributed by atoms with Crippen molar-refractivity contribution in [3.8, 4) is 11.3 Å². The van der Waals surface area contributed by atoms with Crippen LogP contribution in [-0.2, 0) is 6.54 Å². The number of carboxylic acids is 1. The number of piperazine rings is 1. The lowest BCUT2D eigenvalue weighted by molar-refractivity contribution is 0.0697. The number of carbonyl (C=O) groups is 1. The van der Waals surface area contributed by atoms with E-state index in [1.54, 1.807) is 18.2 Å². The van der Waals surface area contributed by atoms with Crippen LogP contribution in [0.2, 0.25) is 10.0 Å². The molecule has 182 valence electrons. The van der Waals surface area contributed by atoms with Gasteiger partial charge in [0.15, 0.2) is 5.88 Å². The third-order valence-corrected chi connectivity index (χ3v) is 6.99. The maximum atomic E-state index is 11.3. The Hall–Kier alpha value is -3.00. The zero-order valence-corrected chi connectivity index (χ0v) is 20.9. The first kappa shape index (κ1) is 23.7. The van der Waals surface area contributed by atoms with E-state index in [9.17, 15) is 9.90 Å². The Morgan fingerprint density at radius 1 is 1.09 bits per heavy atom. The van der Waals surface area contributed by atoms with Crippen LogP contribution in [0.25, 0.3) is 22.2 Å². The monoisotopic (exact) mass is 513 g/mol. The number of halogens is 2. The molecule has 1 aliphatic heterocycles. The fraction of sp³-hybridized carbons (Fsp3) is 0.308. The second kappa shape index (κ2) is 9.57. The summed E-state index contributed by atoms with van der Waals surface area (Å²) in [6.07, 6.45) is 0. The van der Waals surface area contributed by atoms with Crippen LogP contribution < -0.4 is 4.90 Å². The van der Waals surface area contributed by atoms with Gasteiger partial charge in [-0.1, -0.05) is 48.3 Å². The van der Waals surface area contributed by atoms with E-state index in [1.165, 1.54) is 0 Å². The van der Waals surface area contributed by atoms with Crippen molar-refractivity contribution in [1.29, 1.82) is 0 Å². The van der Waals surface area contributed by atoms with E-state index < -0.39 is 5.97 Å². The molecule has 0 aliphatic carbocycles. The molecule has 9 heteroatoms. The number of hydrogen-bond acceptors (Lipinski definition) is 6. The van der Waals surface area contributed by atoms with Gasteiger partial charge in [0.2, 0.25) is 0 Å². The highest BCUT2D eigenvalue weighted by Crippen LogP contribution is 2.39. The summed E-state index contributed by atoms with van der Waals surface area (Å²) in [5, 5.41) is 15.5. The second-order valence-corrected chi connectivity index (χ2v) is 9.85. The first-order chi connectivity index (χ1) is 16.8. The molecule has 1 N–H and O–H groups in total. The number of furan rings is 1. The van der Waals surface area contributed by atoms with E-state index in [4.69, 9.17) is 32.1 Å². The summed E-state index contributed by atoms with van der Waals surface area (Å²) < 4.78 is 11.7. The number of anilines is 1. The Labute approximate surface area is 212 Å². The van der Waals surface area contributed by atoms with Gasteiger partial charge in [0.05, 0.1) is 15.6 Å². The lowest BCUT2D eigenvalue weighted by atomic mass is 10.00. The van der Waals surface area contributed by atoms with Crippen molar-refractivity contribution in [1.82, 2.24) is 10.1 Å². The molecule has 2 aromatic heterocycles. The summed E-state index contributed by atoms with van der Waals surface area (Å²) in [6, 6.07) is 12.2. The number of aromatic carboxylic acids is 1. The zero-order valence-electron chi connectivity index (χ0n) is 19.4. The molecule has 2 aromatic carbocycles. The van der Waals surface area contributed by atoms with Crippen LogP contribution in [0.15, 0.2) is 51.4 Å². The van der Waals surface area contributed by atoms with Gasteiger partial charge >= 0.3 is 5.97 Å². The third kappa shape index (κ3) is 4.63. The minimum absolute atomic E-state index is 0.167. The highest BCUT2D eigenvalue weighted by atomic mass is 35.5. The number of carboxylic acid groups (broad SMARTS) is 1. The van der Waals surface area contributed by atoms with Crippen LogP contribution in [-0.4, -0.2) is 47.3 Å². The van der Waals surface area contributed by atoms with Crippen molar-refractivity contribution in [2.75, 3.05) is 31.1 Å². The molecule has 4 aromatic rings. The number of rotatable bonds is 6. The molecule has 0 atom stereocenters. The standard InChI is InChI=1S/C26H25Cl2N3O4/c1-15(2)25-18(24(29-35-25)23-19(27)4-3-5-20(23)28)14-30-8-10-31(11-9-30)22-13-17-12-16(26(32)33)6-7-21(17)34-22/h3-7,12-13,15H,8-11,14H2,1-2H3,(H,32,33). The molecule has 3 heterocycles. The third-order valence-electron chi connectivity index (χ3n) is 6.36. The van der Waals surface area contributed by atoms with E-state index in [0.29, 0.717) is 33.4 Å². The molecule has 7 nitrogen and oxygen atoms in total. The van der Waals surface area contributed by atoms with E-state index >= 15 is 0 Å². The summed E-state index contributed by atoms with van der Waals surface area (Å²) in [6.45, 7) is 8.01. The molecule has 0 saturated carbocycles. The van der Waals surface area contributed by atoms with Crippen LogP contribution in [0.3, 0.4) is 0 Å². The fourth-order valence-electron chi connectivity index (χ4n) is 4.52. The molecular weight excluding hydrogens is 489 g/mol. The summed E-state index contributed by atoms with van der Waals surface area (Å²) in [5.74, 6) is 0.804. The van der Waals surface area contributed by atoms with Gasteiger partial charge in [-0.3, -0.25) is 4.90 Å². The molecule has 5 rings (SSSR count). The van der Waals surface area contributed by atoms with E-state index in [1.807, 2.05) is 24.3 Å². The SMILES string of the molecule is CC(C)c1onc(-c2c(Cl)cccc2Cl)c1CN1CCN(c2cc3cc(C(=O)O)ccc3o2)CC1. The zero-order chi connectivity index (χ0) is 24.7. The molecular formula is C26H25Cl2N3O4. The maximum absolute atomic E-state index is 11.3. The smallest absolute Gasteiger partial charge is 0.335 e. The second-order valence-electron chi connectivity index (χ2n) is 9.03. The average Bonchev–Trinajstić information content (AvgIpc) is 3.43. The topological polar surface area (TPSA) is 83.0 Å². The lowest BCUT2D eigenvalue weighted by Crippen LogP contribution is -2.46. The van der Waals surface area contributed by atoms with Gasteiger partial charge in [-0.05, 0) is 30.3 Å². The van der Waals surface area contributed by atoms with Crippen molar-refractivity contribution in [2.45, 2.75) is 26.3 Å². The molecule has 35 heavy (non-hydrogen) atoms. The largest absolute Gasteiger partial charge is 0.478 e. The van der Waals surface area contributed by atoms with Gasteiger partial charge in [0.25, 0.3) is 0 Å². The number of nitrogens with zero attached hydrogens (tertiary/aromatic N) is 3. The first-order valence-corrected chi connectivity index (χ1v) is 12.2. The molecule has 1 saturated heterocycles. The summed E-state index contributed by atoms with van der Waals surface area (Å²) in [4.78, 5) is 15.8. The van der Waals surface area contributed by atoms with Crippen LogP contribution >= 0.6 is 23.2 Å². The van der Waals surface area contributed by atoms with Crippen molar-refractivity contribution < 1.29 is 18.8 Å². The normalized spacial score (nSPS) is 14.8. The highest BCUT2D eigenvalue weighted by molar-refractivity contribution is 6.39. The van der Waals surface area contributed by atoms with Gasteiger partial charge in [-0.25, -0.2) is 4.79 Å². The quantitative estimate of drug-likeness (QED) is 0.313. The van der Waals surface area contributed by atoms with Crippen molar-refractivity contribution in [2.24, 2.45) is 0 Å². The lowest BCUT2D eigenvalue weighted by Gasteiger charge is -2.34. The number of benzene rings is 2. The van der Waals surface area contributed by atoms with Crippen LogP contribution in [0.5, 0.6) is 0 Å².